The summed E-state index contributed by atoms with van der Waals surface area (Å²) in [6.07, 6.45) is 0. The van der Waals surface area contributed by atoms with Crippen LogP contribution < -0.4 is 14.7 Å². The fraction of sp³-hybridized carbons (Fsp3) is 0.0448. The molecular weight excluding hydrogens is 1650 g/mol. The maximum absolute atomic E-state index is 2.72. The Morgan fingerprint density at radius 2 is 0.409 bits per heavy atom. The van der Waals surface area contributed by atoms with Crippen LogP contribution in [0.25, 0.3) is 133 Å². The summed E-state index contributed by atoms with van der Waals surface area (Å²) in [5.41, 5.74) is 49.4. The van der Waals surface area contributed by atoms with Gasteiger partial charge in [-0.2, -0.15) is 0 Å². The molecule has 3 nitrogen and oxygen atoms in total. The predicted molar refractivity (Wildman–Crippen MR) is 568 cm³/mol. The van der Waals surface area contributed by atoms with Crippen molar-refractivity contribution in [2.45, 2.75) is 35.5 Å². The van der Waals surface area contributed by atoms with Gasteiger partial charge >= 0.3 is 0 Å². The molecule has 22 aromatic carbocycles. The first-order chi connectivity index (χ1) is 67.7. The average molecular weight is 1740 g/mol. The third-order valence-corrected chi connectivity index (χ3v) is 31.9. The molecule has 0 atom stereocenters. The number of fused-ring (bicyclic) bond motifs is 35. The summed E-state index contributed by atoms with van der Waals surface area (Å²) in [6, 6.07) is 189. The molecule has 29 rings (SSSR count). The van der Waals surface area contributed by atoms with Crippen LogP contribution in [0.5, 0.6) is 0 Å². The van der Waals surface area contributed by atoms with Crippen LogP contribution in [-0.2, 0) is 21.7 Å². The minimum atomic E-state index is -0.667. The standard InChI is InChI=1S/C134H87N3/c1-131(2)113-49-22-12-47-104(113)109-82-111-112(83-124(109)131)129(136(91-69-63-88(64-70-91)85-35-8-4-9-36-85)95-74-77-106-103-46-20-30-57-121(103)134(126(106)81-95)118-54-27-17-43-100(118)101-44-18-28-55-119(101)134)107-78-75-93(135(90-67-61-87(62-68-90)84-33-6-3-7-34-84)94-73-76-105-102-45-19-29-56-120(102)133(125(105)80-94)116-52-25-15-41-98(116)99-42-16-26-53-117(99)133)79-110(107)130(111)137(92-71-65-89(66-72-92)86-37-10-5-11-38-86)127-60-32-59-123-128(127)108-48-21-31-58-122(108)132(123)114-50-23-13-39-96(114)97-40-14-24-51-115(97)132/h3-83H,1-2H3. The lowest BCUT2D eigenvalue weighted by atomic mass is 9.70. The van der Waals surface area contributed by atoms with Crippen molar-refractivity contribution in [3.8, 4) is 111 Å². The summed E-state index contributed by atoms with van der Waals surface area (Å²) >= 11 is 0. The third kappa shape index (κ3) is 10.5. The highest BCUT2D eigenvalue weighted by Gasteiger charge is 2.56. The molecule has 0 amide bonds. The molecule has 0 bridgehead atoms. The Bertz CT molecular complexity index is 8690. The van der Waals surface area contributed by atoms with E-state index in [1.54, 1.807) is 0 Å². The first kappa shape index (κ1) is 77.4. The fourth-order valence-corrected chi connectivity index (χ4v) is 26.3. The minimum absolute atomic E-state index is 0.429. The van der Waals surface area contributed by atoms with E-state index in [2.05, 4.69) is 520 Å². The fourth-order valence-electron chi connectivity index (χ4n) is 26.3. The Morgan fingerprint density at radius 3 is 0.810 bits per heavy atom. The second-order valence-corrected chi connectivity index (χ2v) is 38.6. The Kier molecular flexibility index (Phi) is 16.5. The SMILES string of the molecule is CC1(C)c2ccccc2-c2cc3c(N(c4ccc(-c5ccccc5)cc4)c4cccc5c4-c4ccccc4C54c5ccccc5-c5ccccc54)c4cc(N(c5ccc(-c6ccccc6)cc5)c5ccc6c(c5)C5(c7ccccc7-c7ccccc75)c5ccccc5-6)ccc4c(N(c4ccc(-c5ccccc5)cc4)c4ccc5c(c4)C4(c6ccccc6-c6ccccc64)c4ccccc4-5)c3cc21. The molecule has 3 heteroatoms. The molecule has 638 valence electrons. The van der Waals surface area contributed by atoms with E-state index in [-0.39, 0.29) is 0 Å². The monoisotopic (exact) mass is 1740 g/mol. The van der Waals surface area contributed by atoms with Crippen LogP contribution >= 0.6 is 0 Å². The van der Waals surface area contributed by atoms with Gasteiger partial charge in [-0.1, -0.05) is 414 Å². The molecule has 0 aromatic heterocycles. The molecule has 3 spiro atoms. The molecular formula is C134H87N3. The van der Waals surface area contributed by atoms with Crippen LogP contribution in [-0.4, -0.2) is 0 Å². The zero-order valence-corrected chi connectivity index (χ0v) is 75.6. The van der Waals surface area contributed by atoms with Gasteiger partial charge in [-0.25, -0.2) is 0 Å². The summed E-state index contributed by atoms with van der Waals surface area (Å²) in [5, 5.41) is 4.34. The molecule has 137 heavy (non-hydrogen) atoms. The van der Waals surface area contributed by atoms with Gasteiger partial charge in [-0.05, 0) is 275 Å². The first-order valence-electron chi connectivity index (χ1n) is 48.1. The van der Waals surface area contributed by atoms with Crippen molar-refractivity contribution in [3.05, 3.63) is 569 Å². The van der Waals surface area contributed by atoms with E-state index in [4.69, 9.17) is 0 Å². The Morgan fingerprint density at radius 1 is 0.146 bits per heavy atom. The van der Waals surface area contributed by atoms with Crippen LogP contribution in [0.4, 0.5) is 51.2 Å². The number of nitrogens with zero attached hydrogens (tertiary/aromatic N) is 3. The van der Waals surface area contributed by atoms with Gasteiger partial charge in [0.15, 0.2) is 0 Å². The van der Waals surface area contributed by atoms with Gasteiger partial charge in [0.05, 0.1) is 33.3 Å². The molecule has 22 aromatic rings. The second-order valence-electron chi connectivity index (χ2n) is 38.6. The zero-order valence-electron chi connectivity index (χ0n) is 75.6. The summed E-state index contributed by atoms with van der Waals surface area (Å²) in [5.74, 6) is 0. The Hall–Kier alpha value is -17.2. The van der Waals surface area contributed by atoms with Gasteiger partial charge in [0, 0.05) is 66.6 Å². The van der Waals surface area contributed by atoms with Gasteiger partial charge < -0.3 is 14.7 Å². The second kappa shape index (κ2) is 29.1. The molecule has 0 fully saturated rings. The lowest BCUT2D eigenvalue weighted by molar-refractivity contribution is 0.661. The van der Waals surface area contributed by atoms with Crippen molar-refractivity contribution >= 4 is 72.7 Å². The number of benzene rings is 22. The first-order valence-corrected chi connectivity index (χ1v) is 48.1. The highest BCUT2D eigenvalue weighted by Crippen LogP contribution is 2.70. The largest absolute Gasteiger partial charge is 0.310 e. The highest BCUT2D eigenvalue weighted by molar-refractivity contribution is 6.26. The van der Waals surface area contributed by atoms with Crippen molar-refractivity contribution in [2.24, 2.45) is 0 Å². The number of rotatable bonds is 12. The lowest BCUT2D eigenvalue weighted by Gasteiger charge is -2.36. The van der Waals surface area contributed by atoms with E-state index in [9.17, 15) is 0 Å². The summed E-state index contributed by atoms with van der Waals surface area (Å²) in [6.45, 7) is 4.91. The van der Waals surface area contributed by atoms with Crippen LogP contribution in [0.2, 0.25) is 0 Å². The van der Waals surface area contributed by atoms with E-state index in [1.807, 2.05) is 0 Å². The quantitative estimate of drug-likeness (QED) is 0.0892. The van der Waals surface area contributed by atoms with Crippen molar-refractivity contribution in [1.29, 1.82) is 0 Å². The lowest BCUT2D eigenvalue weighted by Crippen LogP contribution is -2.26. The van der Waals surface area contributed by atoms with Crippen LogP contribution in [0.15, 0.2) is 491 Å². The van der Waals surface area contributed by atoms with E-state index in [1.165, 1.54) is 156 Å². The topological polar surface area (TPSA) is 9.72 Å². The molecule has 0 saturated carbocycles. The van der Waals surface area contributed by atoms with Crippen molar-refractivity contribution in [2.75, 3.05) is 14.7 Å². The maximum atomic E-state index is 2.72. The summed E-state index contributed by atoms with van der Waals surface area (Å²) < 4.78 is 0. The third-order valence-electron chi connectivity index (χ3n) is 31.9. The summed E-state index contributed by atoms with van der Waals surface area (Å²) in [7, 11) is 0. The van der Waals surface area contributed by atoms with Gasteiger partial charge in [-0.15, -0.1) is 0 Å². The van der Waals surface area contributed by atoms with E-state index < -0.39 is 21.7 Å². The van der Waals surface area contributed by atoms with Crippen molar-refractivity contribution in [1.82, 2.24) is 0 Å². The smallest absolute Gasteiger partial charge is 0.0726 e. The number of hydrogen-bond donors (Lipinski definition) is 0. The molecule has 7 aliphatic rings. The molecule has 0 radical (unpaired) electrons. The molecule has 0 heterocycles. The van der Waals surface area contributed by atoms with Gasteiger partial charge in [0.25, 0.3) is 0 Å². The Balaban J connectivity index is 0.781. The van der Waals surface area contributed by atoms with Gasteiger partial charge in [-0.3, -0.25) is 0 Å². The van der Waals surface area contributed by atoms with E-state index in [0.717, 1.165) is 106 Å². The molecule has 0 unspecified atom stereocenters. The molecule has 0 aliphatic heterocycles. The highest BCUT2D eigenvalue weighted by atomic mass is 15.2. The summed E-state index contributed by atoms with van der Waals surface area (Å²) in [4.78, 5) is 7.98. The zero-order chi connectivity index (χ0) is 90.1. The molecule has 0 saturated heterocycles. The minimum Gasteiger partial charge on any atom is -0.310 e. The van der Waals surface area contributed by atoms with Crippen LogP contribution in [0.3, 0.4) is 0 Å². The van der Waals surface area contributed by atoms with Gasteiger partial charge in [0.2, 0.25) is 0 Å². The maximum Gasteiger partial charge on any atom is 0.0726 e. The van der Waals surface area contributed by atoms with Crippen LogP contribution in [0.1, 0.15) is 91.7 Å². The number of anilines is 9. The molecule has 7 aliphatic carbocycles. The van der Waals surface area contributed by atoms with Crippen molar-refractivity contribution < 1.29 is 0 Å². The van der Waals surface area contributed by atoms with Gasteiger partial charge in [0.1, 0.15) is 0 Å². The number of hydrogen-bond acceptors (Lipinski definition) is 3. The molecule has 0 N–H and O–H groups in total. The van der Waals surface area contributed by atoms with Crippen LogP contribution in [0, 0.1) is 0 Å². The van der Waals surface area contributed by atoms with E-state index >= 15 is 0 Å². The van der Waals surface area contributed by atoms with Crippen molar-refractivity contribution in [3.63, 3.8) is 0 Å². The normalized spacial score (nSPS) is 14.1. The predicted octanol–water partition coefficient (Wildman–Crippen LogP) is 34.7. The Labute approximate surface area is 797 Å². The van der Waals surface area contributed by atoms with E-state index in [0.29, 0.717) is 0 Å². The average Bonchev–Trinajstić information content (AvgIpc) is 1.52.